The van der Waals surface area contributed by atoms with Gasteiger partial charge in [0.05, 0.1) is 6.26 Å². The van der Waals surface area contributed by atoms with Crippen LogP contribution in [0.4, 0.5) is 0 Å². The highest BCUT2D eigenvalue weighted by Gasteiger charge is 2.32. The summed E-state index contributed by atoms with van der Waals surface area (Å²) in [6.07, 6.45) is 4.00. The van der Waals surface area contributed by atoms with Crippen LogP contribution in [0.25, 0.3) is 0 Å². The molecule has 170 valence electrons. The molecule has 2 fully saturated rings. The molecule has 0 spiro atoms. The zero-order valence-corrected chi connectivity index (χ0v) is 21.3. The number of nitrogens with one attached hydrogen (secondary N) is 1. The maximum atomic E-state index is 12.5. The van der Waals surface area contributed by atoms with E-state index < -0.39 is 0 Å². The summed E-state index contributed by atoms with van der Waals surface area (Å²) in [4.78, 5) is 25.0. The second kappa shape index (κ2) is 11.3. The molecule has 2 unspecified atom stereocenters. The van der Waals surface area contributed by atoms with Crippen molar-refractivity contribution >= 4 is 47.2 Å². The summed E-state index contributed by atoms with van der Waals surface area (Å²) in [5, 5.41) is 5.80. The molecule has 0 bridgehead atoms. The average molecular weight is 558 g/mol. The highest BCUT2D eigenvalue weighted by Crippen LogP contribution is 2.36. The third kappa shape index (κ3) is 5.61. The number of hydrogen-bond donors (Lipinski definition) is 1. The minimum absolute atomic E-state index is 0. The molecule has 2 aromatic rings. The van der Waals surface area contributed by atoms with E-state index in [0.717, 1.165) is 32.1 Å². The molecule has 4 rings (SSSR count). The van der Waals surface area contributed by atoms with Gasteiger partial charge in [0.2, 0.25) is 0 Å². The van der Waals surface area contributed by atoms with E-state index in [9.17, 15) is 4.79 Å². The fourth-order valence-corrected chi connectivity index (χ4v) is 5.60. The van der Waals surface area contributed by atoms with Gasteiger partial charge in [-0.15, -0.1) is 35.3 Å². The molecule has 2 aliphatic rings. The number of rotatable bonds is 4. The summed E-state index contributed by atoms with van der Waals surface area (Å²) in [7, 11) is 4.08. The first-order chi connectivity index (χ1) is 14.7. The van der Waals surface area contributed by atoms with Crippen molar-refractivity contribution in [2.24, 2.45) is 10.9 Å². The minimum Gasteiger partial charge on any atom is -0.459 e. The Hall–Kier alpha value is -1.59. The Morgan fingerprint density at radius 2 is 1.97 bits per heavy atom. The lowest BCUT2D eigenvalue weighted by Crippen LogP contribution is -2.54. The van der Waals surface area contributed by atoms with Crippen LogP contribution < -0.4 is 5.32 Å². The van der Waals surface area contributed by atoms with Gasteiger partial charge in [-0.2, -0.15) is 0 Å². The van der Waals surface area contributed by atoms with Crippen molar-refractivity contribution in [1.82, 2.24) is 20.0 Å². The molecule has 9 heteroatoms. The number of halogens is 1. The molecule has 7 nitrogen and oxygen atoms in total. The first kappa shape index (κ1) is 24.1. The van der Waals surface area contributed by atoms with Gasteiger partial charge in [-0.05, 0) is 55.9 Å². The first-order valence-corrected chi connectivity index (χ1v) is 11.6. The van der Waals surface area contributed by atoms with Gasteiger partial charge >= 0.3 is 0 Å². The third-order valence-corrected chi connectivity index (χ3v) is 7.12. The van der Waals surface area contributed by atoms with Gasteiger partial charge in [-0.1, -0.05) is 6.07 Å². The van der Waals surface area contributed by atoms with E-state index in [4.69, 9.17) is 4.42 Å². The van der Waals surface area contributed by atoms with Crippen LogP contribution >= 0.6 is 35.3 Å². The summed E-state index contributed by atoms with van der Waals surface area (Å²) < 4.78 is 5.26. The van der Waals surface area contributed by atoms with Crippen molar-refractivity contribution in [2.75, 3.05) is 53.4 Å². The molecule has 2 saturated heterocycles. The first-order valence-electron chi connectivity index (χ1n) is 10.7. The SMILES string of the molecule is CN=C(NCC1CCCN(C)C1c1cccs1)N1CCN(C(=O)c2ccco2)CC1.I. The monoisotopic (exact) mass is 557 g/mol. The predicted molar refractivity (Wildman–Crippen MR) is 135 cm³/mol. The molecular weight excluding hydrogens is 525 g/mol. The Morgan fingerprint density at radius 3 is 2.61 bits per heavy atom. The van der Waals surface area contributed by atoms with Crippen molar-refractivity contribution in [3.63, 3.8) is 0 Å². The lowest BCUT2D eigenvalue weighted by atomic mass is 9.88. The van der Waals surface area contributed by atoms with Crippen molar-refractivity contribution in [3.8, 4) is 0 Å². The quantitative estimate of drug-likeness (QED) is 0.355. The number of hydrogen-bond acceptors (Lipinski definition) is 5. The Morgan fingerprint density at radius 1 is 1.19 bits per heavy atom. The van der Waals surface area contributed by atoms with Gasteiger partial charge < -0.3 is 19.5 Å². The minimum atomic E-state index is -0.0355. The number of likely N-dealkylation sites (tertiary alicyclic amines) is 1. The zero-order valence-electron chi connectivity index (χ0n) is 18.2. The maximum Gasteiger partial charge on any atom is 0.289 e. The lowest BCUT2D eigenvalue weighted by molar-refractivity contribution is 0.0657. The molecule has 4 heterocycles. The van der Waals surface area contributed by atoms with Crippen LogP contribution in [0.15, 0.2) is 45.3 Å². The number of furan rings is 1. The molecular formula is C22H32IN5O2S. The summed E-state index contributed by atoms with van der Waals surface area (Å²) in [5.74, 6) is 1.86. The molecule has 0 aromatic carbocycles. The molecule has 0 aliphatic carbocycles. The van der Waals surface area contributed by atoms with Crippen LogP contribution in [-0.4, -0.2) is 79.9 Å². The van der Waals surface area contributed by atoms with Crippen molar-refractivity contribution in [1.29, 1.82) is 0 Å². The average Bonchev–Trinajstić information content (AvgIpc) is 3.49. The van der Waals surface area contributed by atoms with Crippen LogP contribution in [0.1, 0.15) is 34.3 Å². The van der Waals surface area contributed by atoms with Gasteiger partial charge in [-0.3, -0.25) is 14.7 Å². The number of carbonyl (C=O) groups is 1. The molecule has 2 atom stereocenters. The molecule has 0 radical (unpaired) electrons. The summed E-state index contributed by atoms with van der Waals surface area (Å²) in [5.41, 5.74) is 0. The zero-order chi connectivity index (χ0) is 20.9. The van der Waals surface area contributed by atoms with E-state index in [1.54, 1.807) is 18.4 Å². The van der Waals surface area contributed by atoms with Gasteiger partial charge in [0.15, 0.2) is 11.7 Å². The van der Waals surface area contributed by atoms with E-state index in [2.05, 4.69) is 44.7 Å². The lowest BCUT2D eigenvalue weighted by Gasteiger charge is -2.40. The summed E-state index contributed by atoms with van der Waals surface area (Å²) >= 11 is 1.85. The van der Waals surface area contributed by atoms with Crippen LogP contribution in [-0.2, 0) is 0 Å². The van der Waals surface area contributed by atoms with Crippen LogP contribution in [0, 0.1) is 5.92 Å². The summed E-state index contributed by atoms with van der Waals surface area (Å²) in [6.45, 7) is 4.94. The number of nitrogens with zero attached hydrogens (tertiary/aromatic N) is 4. The van der Waals surface area contributed by atoms with Gasteiger partial charge in [0.25, 0.3) is 5.91 Å². The molecule has 1 N–H and O–H groups in total. The van der Waals surface area contributed by atoms with Crippen molar-refractivity contribution in [2.45, 2.75) is 18.9 Å². The van der Waals surface area contributed by atoms with E-state index in [0.29, 0.717) is 30.8 Å². The fourth-order valence-electron chi connectivity index (χ4n) is 4.61. The highest BCUT2D eigenvalue weighted by molar-refractivity contribution is 14.0. The number of piperidine rings is 1. The number of thiophene rings is 1. The van der Waals surface area contributed by atoms with Crippen LogP contribution in [0.3, 0.4) is 0 Å². The number of guanidine groups is 1. The summed E-state index contributed by atoms with van der Waals surface area (Å²) in [6, 6.07) is 8.35. The number of piperazine rings is 1. The Balaban J connectivity index is 0.00000272. The van der Waals surface area contributed by atoms with Crippen LogP contribution in [0.2, 0.25) is 0 Å². The Bertz CT molecular complexity index is 834. The number of aliphatic imine (C=N–C) groups is 1. The molecule has 31 heavy (non-hydrogen) atoms. The Labute approximate surface area is 205 Å². The normalized spacial score (nSPS) is 22.8. The van der Waals surface area contributed by atoms with Gasteiger partial charge in [0.1, 0.15) is 0 Å². The smallest absolute Gasteiger partial charge is 0.289 e. The van der Waals surface area contributed by atoms with Gasteiger partial charge in [0, 0.05) is 50.7 Å². The second-order valence-corrected chi connectivity index (χ2v) is 9.01. The Kier molecular flexibility index (Phi) is 8.79. The van der Waals surface area contributed by atoms with Crippen LogP contribution in [0.5, 0.6) is 0 Å². The standard InChI is InChI=1S/C22H31N5O2S.HI/c1-23-22(27-12-10-26(11-13-27)21(28)18-7-4-14-29-18)24-16-17-6-3-9-25(2)20(17)19-8-5-15-30-19;/h4-5,7-8,14-15,17,20H,3,6,9-13,16H2,1-2H3,(H,23,24);1H. The van der Waals surface area contributed by atoms with E-state index >= 15 is 0 Å². The van der Waals surface area contributed by atoms with E-state index in [1.807, 2.05) is 23.3 Å². The molecule has 2 aromatic heterocycles. The van der Waals surface area contributed by atoms with Gasteiger partial charge in [-0.25, -0.2) is 0 Å². The van der Waals surface area contributed by atoms with E-state index in [-0.39, 0.29) is 29.9 Å². The fraction of sp³-hybridized carbons (Fsp3) is 0.545. The molecule has 1 amide bonds. The number of carbonyl (C=O) groups excluding carboxylic acids is 1. The highest BCUT2D eigenvalue weighted by atomic mass is 127. The topological polar surface area (TPSA) is 64.3 Å². The van der Waals surface area contributed by atoms with Crippen molar-refractivity contribution < 1.29 is 9.21 Å². The number of amides is 1. The van der Waals surface area contributed by atoms with Crippen molar-refractivity contribution in [3.05, 3.63) is 46.5 Å². The second-order valence-electron chi connectivity index (χ2n) is 8.03. The molecule has 0 saturated carbocycles. The van der Waals surface area contributed by atoms with E-state index in [1.165, 1.54) is 17.7 Å². The third-order valence-electron chi connectivity index (χ3n) is 6.17. The molecule has 2 aliphatic heterocycles. The maximum absolute atomic E-state index is 12.5. The largest absolute Gasteiger partial charge is 0.459 e. The predicted octanol–water partition coefficient (Wildman–Crippen LogP) is 3.38.